The van der Waals surface area contributed by atoms with Gasteiger partial charge in [-0.2, -0.15) is 17.6 Å². The Morgan fingerprint density at radius 3 is 2.06 bits per heavy atom. The average Bonchev–Trinajstić information content (AvgIpc) is 2.21. The SMILES string of the molecule is O=[SH](=O)C(F)(F)C(F)(F)Sc1ccc(F)cc1F. The smallest absolute Gasteiger partial charge is 0.225 e. The molecule has 0 saturated carbocycles. The first-order valence-electron chi connectivity index (χ1n) is 4.12. The van der Waals surface area contributed by atoms with Crippen LogP contribution in [0.25, 0.3) is 0 Å². The molecule has 1 aromatic rings. The second-order valence-electron chi connectivity index (χ2n) is 2.99. The predicted octanol–water partition coefficient (Wildman–Crippen LogP) is 2.85. The first kappa shape index (κ1) is 15.2. The number of halogens is 6. The third-order valence-corrected chi connectivity index (χ3v) is 3.67. The van der Waals surface area contributed by atoms with Gasteiger partial charge in [-0.05, 0) is 23.9 Å². The quantitative estimate of drug-likeness (QED) is 0.527. The van der Waals surface area contributed by atoms with E-state index in [1.807, 2.05) is 0 Å². The standard InChI is InChI=1S/C8H4F6O2S2/c9-4-1-2-6(5(10)3-4)17-7(11,12)8(13,14)18(15)16/h1-3,18H. The summed E-state index contributed by atoms with van der Waals surface area (Å²) in [6, 6.07) is 1.31. The van der Waals surface area contributed by atoms with Gasteiger partial charge < -0.3 is 0 Å². The molecule has 0 amide bonds. The summed E-state index contributed by atoms with van der Waals surface area (Å²) in [7, 11) is -4.74. The third-order valence-electron chi connectivity index (χ3n) is 1.71. The third kappa shape index (κ3) is 2.91. The Morgan fingerprint density at radius 1 is 1.06 bits per heavy atom. The first-order chi connectivity index (χ1) is 8.08. The molecule has 1 aromatic carbocycles. The molecule has 102 valence electrons. The van der Waals surface area contributed by atoms with Crippen molar-refractivity contribution >= 4 is 22.5 Å². The predicted molar refractivity (Wildman–Crippen MR) is 52.4 cm³/mol. The molecule has 0 radical (unpaired) electrons. The van der Waals surface area contributed by atoms with Gasteiger partial charge >= 0.3 is 10.5 Å². The Kier molecular flexibility index (Phi) is 4.21. The Morgan fingerprint density at radius 2 is 1.61 bits per heavy atom. The van der Waals surface area contributed by atoms with Gasteiger partial charge in [-0.25, -0.2) is 17.2 Å². The van der Waals surface area contributed by atoms with Gasteiger partial charge in [-0.3, -0.25) is 0 Å². The van der Waals surface area contributed by atoms with Crippen LogP contribution in [0, 0.1) is 11.6 Å². The molecule has 0 aliphatic carbocycles. The fourth-order valence-corrected chi connectivity index (χ4v) is 2.13. The van der Waals surface area contributed by atoms with Crippen molar-refractivity contribution in [3.63, 3.8) is 0 Å². The minimum Gasteiger partial charge on any atom is -0.225 e. The highest BCUT2D eigenvalue weighted by Crippen LogP contribution is 2.47. The van der Waals surface area contributed by atoms with Crippen LogP contribution in [0.2, 0.25) is 0 Å². The Balaban J connectivity index is 3.09. The monoisotopic (exact) mass is 310 g/mol. The lowest BCUT2D eigenvalue weighted by molar-refractivity contribution is -0.0878. The molecule has 10 heteroatoms. The van der Waals surface area contributed by atoms with Crippen molar-refractivity contribution in [1.29, 1.82) is 0 Å². The van der Waals surface area contributed by atoms with Gasteiger partial charge in [0, 0.05) is 11.0 Å². The zero-order chi connectivity index (χ0) is 14.1. The lowest BCUT2D eigenvalue weighted by Crippen LogP contribution is -2.38. The zero-order valence-electron chi connectivity index (χ0n) is 8.17. The lowest BCUT2D eigenvalue weighted by Gasteiger charge is -2.21. The van der Waals surface area contributed by atoms with E-state index in [4.69, 9.17) is 0 Å². The highest BCUT2D eigenvalue weighted by Gasteiger charge is 2.60. The maximum Gasteiger partial charge on any atom is 0.414 e. The second-order valence-corrected chi connectivity index (χ2v) is 5.22. The van der Waals surface area contributed by atoms with Gasteiger partial charge in [-0.15, -0.1) is 0 Å². The highest BCUT2D eigenvalue weighted by atomic mass is 32.2. The molecule has 0 atom stereocenters. The van der Waals surface area contributed by atoms with Gasteiger partial charge in [-0.1, -0.05) is 0 Å². The molecule has 0 aliphatic heterocycles. The molecule has 0 aromatic heterocycles. The molecule has 18 heavy (non-hydrogen) atoms. The summed E-state index contributed by atoms with van der Waals surface area (Å²) in [5.74, 6) is -2.57. The fourth-order valence-electron chi connectivity index (χ4n) is 0.864. The van der Waals surface area contributed by atoms with Crippen LogP contribution in [-0.4, -0.2) is 18.9 Å². The minimum atomic E-state index is -5.34. The van der Waals surface area contributed by atoms with Crippen LogP contribution >= 0.6 is 11.8 Å². The van der Waals surface area contributed by atoms with E-state index in [1.165, 1.54) is 0 Å². The summed E-state index contributed by atoms with van der Waals surface area (Å²) in [6.45, 7) is 0. The van der Waals surface area contributed by atoms with Crippen LogP contribution in [0.4, 0.5) is 26.3 Å². The number of rotatable bonds is 4. The van der Waals surface area contributed by atoms with Crippen LogP contribution in [0.1, 0.15) is 0 Å². The van der Waals surface area contributed by atoms with Crippen molar-refractivity contribution in [2.45, 2.75) is 15.4 Å². The summed E-state index contributed by atoms with van der Waals surface area (Å²) in [6.07, 6.45) is 0. The summed E-state index contributed by atoms with van der Waals surface area (Å²) in [5, 5.41) is -10.4. The van der Waals surface area contributed by atoms with Crippen LogP contribution in [0.3, 0.4) is 0 Å². The number of hydrogen-bond donors (Lipinski definition) is 1. The van der Waals surface area contributed by atoms with Gasteiger partial charge in [0.2, 0.25) is 10.7 Å². The molecule has 0 fully saturated rings. The molecule has 0 spiro atoms. The molecule has 2 nitrogen and oxygen atoms in total. The molecule has 0 bridgehead atoms. The van der Waals surface area contributed by atoms with E-state index in [1.54, 1.807) is 0 Å². The number of thiol groups is 1. The van der Waals surface area contributed by atoms with Crippen molar-refractivity contribution in [3.8, 4) is 0 Å². The van der Waals surface area contributed by atoms with Gasteiger partial charge in [0.25, 0.3) is 0 Å². The highest BCUT2D eigenvalue weighted by molar-refractivity contribution is 8.01. The van der Waals surface area contributed by atoms with E-state index >= 15 is 0 Å². The fraction of sp³-hybridized carbons (Fsp3) is 0.250. The van der Waals surface area contributed by atoms with Crippen LogP contribution in [-0.2, 0) is 10.7 Å². The second kappa shape index (κ2) is 5.00. The van der Waals surface area contributed by atoms with Gasteiger partial charge in [0.15, 0.2) is 0 Å². The minimum absolute atomic E-state index is 0.216. The Labute approximate surface area is 103 Å². The van der Waals surface area contributed by atoms with E-state index < -0.39 is 49.5 Å². The van der Waals surface area contributed by atoms with Crippen molar-refractivity contribution in [2.75, 3.05) is 0 Å². The summed E-state index contributed by atoms with van der Waals surface area (Å²) >= 11 is -0.992. The molecule has 0 unspecified atom stereocenters. The normalized spacial score (nSPS) is 13.1. The molecule has 0 N–H and O–H groups in total. The summed E-state index contributed by atoms with van der Waals surface area (Å²) in [4.78, 5) is -0.988. The largest absolute Gasteiger partial charge is 0.414 e. The summed E-state index contributed by atoms with van der Waals surface area (Å²) < 4.78 is 96.8. The van der Waals surface area contributed by atoms with E-state index in [9.17, 15) is 34.8 Å². The average molecular weight is 310 g/mol. The van der Waals surface area contributed by atoms with Crippen molar-refractivity contribution in [3.05, 3.63) is 29.8 Å². The van der Waals surface area contributed by atoms with E-state index in [0.29, 0.717) is 12.1 Å². The molecule has 1 rings (SSSR count). The van der Waals surface area contributed by atoms with Gasteiger partial charge in [0.1, 0.15) is 11.6 Å². The van der Waals surface area contributed by atoms with Crippen molar-refractivity contribution < 1.29 is 34.8 Å². The van der Waals surface area contributed by atoms with Crippen molar-refractivity contribution in [2.24, 2.45) is 0 Å². The maximum absolute atomic E-state index is 13.0. The van der Waals surface area contributed by atoms with E-state index in [0.717, 1.165) is 0 Å². The molecule has 0 saturated heterocycles. The first-order valence-corrected chi connectivity index (χ1v) is 6.11. The number of alkyl halides is 4. The van der Waals surface area contributed by atoms with E-state index in [-0.39, 0.29) is 6.07 Å². The molecular formula is C8H4F6O2S2. The Bertz CT molecular complexity index is 520. The number of hydrogen-bond acceptors (Lipinski definition) is 3. The maximum atomic E-state index is 13.0. The van der Waals surface area contributed by atoms with Gasteiger partial charge in [0.05, 0.1) is 0 Å². The van der Waals surface area contributed by atoms with Crippen LogP contribution < -0.4 is 0 Å². The zero-order valence-corrected chi connectivity index (χ0v) is 9.88. The molecular weight excluding hydrogens is 306 g/mol. The molecule has 0 heterocycles. The Hall–Kier alpha value is -0.900. The summed E-state index contributed by atoms with van der Waals surface area (Å²) in [5.41, 5.74) is 0. The van der Waals surface area contributed by atoms with Crippen LogP contribution in [0.5, 0.6) is 0 Å². The van der Waals surface area contributed by atoms with Crippen LogP contribution in [0.15, 0.2) is 23.1 Å². The topological polar surface area (TPSA) is 34.1 Å². The van der Waals surface area contributed by atoms with E-state index in [2.05, 4.69) is 0 Å². The van der Waals surface area contributed by atoms with Crippen molar-refractivity contribution in [1.82, 2.24) is 0 Å². The number of thioether (sulfide) groups is 1. The molecule has 0 aliphatic rings. The number of benzene rings is 1. The lowest BCUT2D eigenvalue weighted by atomic mass is 10.3.